The van der Waals surface area contributed by atoms with Crippen LogP contribution in [-0.4, -0.2) is 21.4 Å². The van der Waals surface area contributed by atoms with Gasteiger partial charge in [0.15, 0.2) is 0 Å². The van der Waals surface area contributed by atoms with Gasteiger partial charge in [0.05, 0.1) is 11.2 Å². The average Bonchev–Trinajstić information content (AvgIpc) is 2.12. The minimum Gasteiger partial charge on any atom is -0.386 e. The van der Waals surface area contributed by atoms with Crippen LogP contribution >= 0.6 is 0 Å². The van der Waals surface area contributed by atoms with E-state index in [0.717, 1.165) is 19.3 Å². The molecule has 0 aromatic heterocycles. The first-order chi connectivity index (χ1) is 8.08. The molecular weight excluding hydrogens is 224 g/mol. The van der Waals surface area contributed by atoms with Gasteiger partial charge in [-0.3, -0.25) is 0 Å². The van der Waals surface area contributed by atoms with Crippen molar-refractivity contribution in [2.45, 2.75) is 78.4 Å². The fraction of sp³-hybridized carbons (Fsp3) is 0.875. The first-order valence-corrected chi connectivity index (χ1v) is 7.23. The Morgan fingerprint density at radius 2 is 1.39 bits per heavy atom. The molecule has 3 atom stereocenters. The van der Waals surface area contributed by atoms with Gasteiger partial charge in [0.1, 0.15) is 0 Å². The van der Waals surface area contributed by atoms with Crippen LogP contribution in [0.3, 0.4) is 0 Å². The van der Waals surface area contributed by atoms with Crippen molar-refractivity contribution in [2.24, 2.45) is 11.8 Å². The Labute approximate surface area is 113 Å². The Bertz CT molecular complexity index is 252. The predicted molar refractivity (Wildman–Crippen MR) is 78.5 cm³/mol. The van der Waals surface area contributed by atoms with Gasteiger partial charge in [-0.25, -0.2) is 0 Å². The molecule has 0 aliphatic rings. The molecule has 0 aromatic carbocycles. The summed E-state index contributed by atoms with van der Waals surface area (Å²) in [4.78, 5) is 0. The molecule has 0 amide bonds. The minimum atomic E-state index is -0.827. The van der Waals surface area contributed by atoms with E-state index in [1.807, 2.05) is 6.92 Å². The maximum atomic E-state index is 10.3. The van der Waals surface area contributed by atoms with E-state index in [1.54, 1.807) is 19.1 Å². The van der Waals surface area contributed by atoms with Crippen molar-refractivity contribution in [3.05, 3.63) is 12.2 Å². The number of aliphatic hydroxyl groups is 2. The van der Waals surface area contributed by atoms with Gasteiger partial charge in [-0.2, -0.15) is 0 Å². The second-order valence-corrected chi connectivity index (χ2v) is 6.74. The van der Waals surface area contributed by atoms with Crippen molar-refractivity contribution in [3.63, 3.8) is 0 Å². The summed E-state index contributed by atoms with van der Waals surface area (Å²) in [7, 11) is 0. The quantitative estimate of drug-likeness (QED) is 0.646. The van der Waals surface area contributed by atoms with Crippen molar-refractivity contribution >= 4 is 0 Å². The van der Waals surface area contributed by atoms with E-state index in [9.17, 15) is 10.2 Å². The zero-order valence-electron chi connectivity index (χ0n) is 13.0. The van der Waals surface area contributed by atoms with E-state index < -0.39 is 11.2 Å². The van der Waals surface area contributed by atoms with Crippen LogP contribution in [0.15, 0.2) is 12.2 Å². The summed E-state index contributed by atoms with van der Waals surface area (Å²) in [6.07, 6.45) is 7.25. The van der Waals surface area contributed by atoms with Gasteiger partial charge in [0.25, 0.3) is 0 Å². The summed E-state index contributed by atoms with van der Waals surface area (Å²) in [5.41, 5.74) is -1.65. The number of hydrogen-bond donors (Lipinski definition) is 2. The standard InChI is InChI=1S/C16H32O2/c1-7-8-14(4)12-16(6,18)10-9-15(5,17)11-13(2)3/h9-10,13-14,17-18H,7-8,11-12H2,1-6H3. The van der Waals surface area contributed by atoms with Gasteiger partial charge in [-0.1, -0.05) is 52.7 Å². The highest BCUT2D eigenvalue weighted by Gasteiger charge is 2.23. The SMILES string of the molecule is CCCC(C)CC(C)(O)C=CC(C)(O)CC(C)C. The molecule has 0 rings (SSSR count). The van der Waals surface area contributed by atoms with Crippen molar-refractivity contribution in [1.82, 2.24) is 0 Å². The third-order valence-electron chi connectivity index (χ3n) is 3.17. The summed E-state index contributed by atoms with van der Waals surface area (Å²) in [6, 6.07) is 0. The minimum absolute atomic E-state index is 0.439. The van der Waals surface area contributed by atoms with Gasteiger partial charge in [0.2, 0.25) is 0 Å². The second-order valence-electron chi connectivity index (χ2n) is 6.74. The van der Waals surface area contributed by atoms with Crippen molar-refractivity contribution in [1.29, 1.82) is 0 Å². The molecule has 2 heteroatoms. The molecule has 0 saturated heterocycles. The maximum Gasteiger partial charge on any atom is 0.0803 e. The lowest BCUT2D eigenvalue weighted by atomic mass is 9.87. The molecule has 2 nitrogen and oxygen atoms in total. The molecule has 0 saturated carbocycles. The number of rotatable bonds is 8. The molecule has 3 unspecified atom stereocenters. The van der Waals surface area contributed by atoms with Crippen LogP contribution in [-0.2, 0) is 0 Å². The lowest BCUT2D eigenvalue weighted by Gasteiger charge is -2.26. The molecule has 0 aliphatic carbocycles. The second kappa shape index (κ2) is 7.30. The van der Waals surface area contributed by atoms with Crippen molar-refractivity contribution in [3.8, 4) is 0 Å². The summed E-state index contributed by atoms with van der Waals surface area (Å²) < 4.78 is 0. The molecule has 0 aliphatic heterocycles. The van der Waals surface area contributed by atoms with Crippen LogP contribution in [0.25, 0.3) is 0 Å². The Kier molecular flexibility index (Phi) is 7.16. The topological polar surface area (TPSA) is 40.5 Å². The van der Waals surface area contributed by atoms with Crippen molar-refractivity contribution in [2.75, 3.05) is 0 Å². The van der Waals surface area contributed by atoms with Gasteiger partial charge in [0, 0.05) is 0 Å². The van der Waals surface area contributed by atoms with E-state index in [0.29, 0.717) is 18.3 Å². The Morgan fingerprint density at radius 3 is 1.78 bits per heavy atom. The Morgan fingerprint density at radius 1 is 0.944 bits per heavy atom. The lowest BCUT2D eigenvalue weighted by Crippen LogP contribution is -2.28. The number of hydrogen-bond acceptors (Lipinski definition) is 2. The third-order valence-corrected chi connectivity index (χ3v) is 3.17. The summed E-state index contributed by atoms with van der Waals surface area (Å²) in [6.45, 7) is 12.1. The monoisotopic (exact) mass is 256 g/mol. The summed E-state index contributed by atoms with van der Waals surface area (Å²) in [5.74, 6) is 0.943. The zero-order valence-corrected chi connectivity index (χ0v) is 13.0. The van der Waals surface area contributed by atoms with Crippen LogP contribution in [0.4, 0.5) is 0 Å². The fourth-order valence-electron chi connectivity index (χ4n) is 2.62. The maximum absolute atomic E-state index is 10.3. The lowest BCUT2D eigenvalue weighted by molar-refractivity contribution is 0.0677. The molecule has 0 aromatic rings. The zero-order chi connectivity index (χ0) is 14.4. The Hall–Kier alpha value is -0.340. The summed E-state index contributed by atoms with van der Waals surface area (Å²) in [5, 5.41) is 20.5. The van der Waals surface area contributed by atoms with E-state index >= 15 is 0 Å². The van der Waals surface area contributed by atoms with Crippen LogP contribution < -0.4 is 0 Å². The highest BCUT2D eigenvalue weighted by molar-refractivity contribution is 5.06. The largest absolute Gasteiger partial charge is 0.386 e. The van der Waals surface area contributed by atoms with Gasteiger partial charge >= 0.3 is 0 Å². The molecule has 0 spiro atoms. The van der Waals surface area contributed by atoms with E-state index in [1.165, 1.54) is 0 Å². The first kappa shape index (κ1) is 17.7. The first-order valence-electron chi connectivity index (χ1n) is 7.23. The molecule has 0 heterocycles. The summed E-state index contributed by atoms with van der Waals surface area (Å²) >= 11 is 0. The van der Waals surface area contributed by atoms with Crippen LogP contribution in [0.2, 0.25) is 0 Å². The molecule has 18 heavy (non-hydrogen) atoms. The molecule has 2 N–H and O–H groups in total. The fourth-order valence-corrected chi connectivity index (χ4v) is 2.62. The molecular formula is C16H32O2. The third kappa shape index (κ3) is 8.71. The molecule has 0 fully saturated rings. The van der Waals surface area contributed by atoms with Gasteiger partial charge in [-0.15, -0.1) is 0 Å². The molecule has 108 valence electrons. The van der Waals surface area contributed by atoms with Crippen LogP contribution in [0, 0.1) is 11.8 Å². The molecule has 0 radical (unpaired) electrons. The van der Waals surface area contributed by atoms with E-state index in [4.69, 9.17) is 0 Å². The smallest absolute Gasteiger partial charge is 0.0803 e. The Balaban J connectivity index is 4.45. The van der Waals surface area contributed by atoms with E-state index in [2.05, 4.69) is 27.7 Å². The predicted octanol–water partition coefficient (Wildman–Crippen LogP) is 3.92. The van der Waals surface area contributed by atoms with Gasteiger partial charge < -0.3 is 10.2 Å². The highest BCUT2D eigenvalue weighted by atomic mass is 16.3. The normalized spacial score (nSPS) is 20.9. The highest BCUT2D eigenvalue weighted by Crippen LogP contribution is 2.24. The van der Waals surface area contributed by atoms with Crippen LogP contribution in [0.5, 0.6) is 0 Å². The van der Waals surface area contributed by atoms with E-state index in [-0.39, 0.29) is 0 Å². The van der Waals surface area contributed by atoms with Crippen molar-refractivity contribution < 1.29 is 10.2 Å². The molecule has 0 bridgehead atoms. The average molecular weight is 256 g/mol. The van der Waals surface area contributed by atoms with Gasteiger partial charge in [-0.05, 0) is 38.5 Å². The van der Waals surface area contributed by atoms with Crippen LogP contribution in [0.1, 0.15) is 67.2 Å².